The van der Waals surface area contributed by atoms with E-state index >= 15 is 0 Å². The first-order valence-corrected chi connectivity index (χ1v) is 9.47. The van der Waals surface area contributed by atoms with E-state index in [1.165, 1.54) is 4.90 Å². The van der Waals surface area contributed by atoms with Crippen LogP contribution in [0, 0.1) is 35.5 Å². The highest BCUT2D eigenvalue weighted by Crippen LogP contribution is 2.65. The van der Waals surface area contributed by atoms with Gasteiger partial charge in [0.05, 0.1) is 11.8 Å². The van der Waals surface area contributed by atoms with Gasteiger partial charge in [-0.1, -0.05) is 23.8 Å². The summed E-state index contributed by atoms with van der Waals surface area (Å²) in [7, 11) is 0. The molecule has 134 valence electrons. The van der Waals surface area contributed by atoms with E-state index in [9.17, 15) is 14.4 Å². The molecule has 26 heavy (non-hydrogen) atoms. The van der Waals surface area contributed by atoms with Gasteiger partial charge in [-0.3, -0.25) is 19.3 Å². The Morgan fingerprint density at radius 3 is 2.15 bits per heavy atom. The lowest BCUT2D eigenvalue weighted by atomic mass is 9.63. The number of benzene rings is 1. The van der Waals surface area contributed by atoms with Crippen molar-refractivity contribution in [2.24, 2.45) is 35.5 Å². The summed E-state index contributed by atoms with van der Waals surface area (Å²) in [6, 6.07) is 5.92. The van der Waals surface area contributed by atoms with Gasteiger partial charge in [-0.05, 0) is 61.3 Å². The van der Waals surface area contributed by atoms with Crippen LogP contribution >= 0.6 is 11.6 Å². The van der Waals surface area contributed by atoms with E-state index in [4.69, 9.17) is 11.6 Å². The van der Waals surface area contributed by atoms with Crippen LogP contribution in [0.1, 0.15) is 13.3 Å². The van der Waals surface area contributed by atoms with Gasteiger partial charge in [-0.25, -0.2) is 0 Å². The summed E-state index contributed by atoms with van der Waals surface area (Å²) in [5, 5.41) is 3.34. The number of halogens is 1. The highest BCUT2D eigenvalue weighted by Gasteiger charge is 2.67. The van der Waals surface area contributed by atoms with Gasteiger partial charge in [-0.15, -0.1) is 0 Å². The summed E-state index contributed by atoms with van der Waals surface area (Å²) < 4.78 is 0. The molecular weight excluding hydrogens is 352 g/mol. The number of allylic oxidation sites excluding steroid dienone is 2. The first kappa shape index (κ1) is 16.1. The molecule has 0 unspecified atom stereocenters. The lowest BCUT2D eigenvalue weighted by Crippen LogP contribution is -2.46. The van der Waals surface area contributed by atoms with E-state index < -0.39 is 6.04 Å². The molecule has 1 N–H and O–H groups in total. The molecule has 1 heterocycles. The average Bonchev–Trinajstić information content (AvgIpc) is 3.41. The maximum absolute atomic E-state index is 13.0. The lowest BCUT2D eigenvalue weighted by molar-refractivity contribution is -0.146. The number of nitrogens with zero attached hydrogens (tertiary/aromatic N) is 1. The van der Waals surface area contributed by atoms with Gasteiger partial charge in [0.2, 0.25) is 17.7 Å². The zero-order valence-corrected chi connectivity index (χ0v) is 15.0. The molecule has 2 bridgehead atoms. The Kier molecular flexibility index (Phi) is 3.35. The fourth-order valence-electron chi connectivity index (χ4n) is 5.26. The van der Waals surface area contributed by atoms with Gasteiger partial charge in [-0.2, -0.15) is 0 Å². The molecule has 5 nitrogen and oxygen atoms in total. The van der Waals surface area contributed by atoms with E-state index in [0.29, 0.717) is 22.5 Å². The van der Waals surface area contributed by atoms with Crippen molar-refractivity contribution in [2.75, 3.05) is 5.32 Å². The molecule has 3 fully saturated rings. The summed E-state index contributed by atoms with van der Waals surface area (Å²) in [5.41, 5.74) is 0.589. The second-order valence-corrected chi connectivity index (χ2v) is 8.31. The van der Waals surface area contributed by atoms with Crippen LogP contribution in [0.25, 0.3) is 0 Å². The summed E-state index contributed by atoms with van der Waals surface area (Å²) in [5.74, 6) is 0.192. The SMILES string of the molecule is C[C@@H](C(=O)Nc1ccc(Cl)cc1)N1C(=O)[C@H]2[C@@H]3C=C[C@H]([C@H]4C[C@H]34)[C@@H]2C1=O. The number of carbonyl (C=O) groups is 3. The third-order valence-electron chi connectivity index (χ3n) is 6.58. The normalized spacial score (nSPS) is 37.4. The van der Waals surface area contributed by atoms with Gasteiger partial charge < -0.3 is 5.32 Å². The maximum Gasteiger partial charge on any atom is 0.247 e. The van der Waals surface area contributed by atoms with Crippen LogP contribution in [-0.4, -0.2) is 28.7 Å². The third kappa shape index (κ3) is 2.13. The van der Waals surface area contributed by atoms with E-state index in [-0.39, 0.29) is 41.4 Å². The molecule has 0 radical (unpaired) electrons. The maximum atomic E-state index is 13.0. The number of rotatable bonds is 3. The molecule has 6 rings (SSSR count). The third-order valence-corrected chi connectivity index (χ3v) is 6.83. The average molecular weight is 371 g/mol. The Hall–Kier alpha value is -2.14. The van der Waals surface area contributed by atoms with Crippen LogP contribution in [0.5, 0.6) is 0 Å². The lowest BCUT2D eigenvalue weighted by Gasteiger charge is -2.37. The fourth-order valence-corrected chi connectivity index (χ4v) is 5.38. The van der Waals surface area contributed by atoms with Gasteiger partial charge in [0, 0.05) is 10.7 Å². The number of anilines is 1. The number of nitrogens with one attached hydrogen (secondary N) is 1. The Bertz CT molecular complexity index is 813. The summed E-state index contributed by atoms with van der Waals surface area (Å²) in [6.07, 6.45) is 5.39. The molecule has 1 saturated heterocycles. The molecule has 5 aliphatic rings. The number of amides is 3. The standard InChI is InChI=1S/C20H19ClN2O3/c1-9(18(24)22-11-4-2-10(21)3-5-11)23-19(25)16-12-6-7-13(15-8-14(12)15)17(16)20(23)26/h2-7,9,12-17H,8H2,1H3,(H,22,24)/t9-,12+,13+,14+,15+,16-,17-/m0/s1. The highest BCUT2D eigenvalue weighted by molar-refractivity contribution is 6.30. The molecule has 1 aliphatic heterocycles. The Morgan fingerprint density at radius 1 is 1.08 bits per heavy atom. The number of hydrogen-bond donors (Lipinski definition) is 1. The summed E-state index contributed by atoms with van der Waals surface area (Å²) >= 11 is 5.85. The van der Waals surface area contributed by atoms with Crippen molar-refractivity contribution in [3.05, 3.63) is 41.4 Å². The predicted molar refractivity (Wildman–Crippen MR) is 96.1 cm³/mol. The smallest absolute Gasteiger partial charge is 0.247 e. The minimum atomic E-state index is -0.827. The van der Waals surface area contributed by atoms with Crippen LogP contribution in [0.15, 0.2) is 36.4 Å². The van der Waals surface area contributed by atoms with Crippen LogP contribution in [0.3, 0.4) is 0 Å². The summed E-state index contributed by atoms with van der Waals surface area (Å²) in [6.45, 7) is 1.62. The Morgan fingerprint density at radius 2 is 1.62 bits per heavy atom. The summed E-state index contributed by atoms with van der Waals surface area (Å²) in [4.78, 5) is 39.9. The van der Waals surface area contributed by atoms with Crippen LogP contribution in [-0.2, 0) is 14.4 Å². The van der Waals surface area contributed by atoms with Crippen molar-refractivity contribution in [3.8, 4) is 0 Å². The van der Waals surface area contributed by atoms with Crippen molar-refractivity contribution in [2.45, 2.75) is 19.4 Å². The van der Waals surface area contributed by atoms with E-state index in [0.717, 1.165) is 6.42 Å². The molecule has 6 heteroatoms. The molecule has 0 aromatic heterocycles. The number of likely N-dealkylation sites (tertiary alicyclic amines) is 1. The van der Waals surface area contributed by atoms with Crippen molar-refractivity contribution in [1.29, 1.82) is 0 Å². The zero-order chi connectivity index (χ0) is 18.2. The minimum Gasteiger partial charge on any atom is -0.324 e. The quantitative estimate of drug-likeness (QED) is 0.657. The molecule has 0 spiro atoms. The van der Waals surface area contributed by atoms with Gasteiger partial charge in [0.1, 0.15) is 6.04 Å². The number of imide groups is 1. The topological polar surface area (TPSA) is 66.5 Å². The van der Waals surface area contributed by atoms with E-state index in [2.05, 4.69) is 17.5 Å². The second kappa shape index (κ2) is 5.43. The number of hydrogen-bond acceptors (Lipinski definition) is 3. The fraction of sp³-hybridized carbons (Fsp3) is 0.450. The molecule has 1 aromatic carbocycles. The number of carbonyl (C=O) groups excluding carboxylic acids is 3. The van der Waals surface area contributed by atoms with Gasteiger partial charge in [0.15, 0.2) is 0 Å². The minimum absolute atomic E-state index is 0.169. The first-order valence-electron chi connectivity index (χ1n) is 9.09. The van der Waals surface area contributed by atoms with Crippen LogP contribution in [0.4, 0.5) is 5.69 Å². The van der Waals surface area contributed by atoms with Crippen LogP contribution < -0.4 is 5.32 Å². The molecule has 7 atom stereocenters. The first-order chi connectivity index (χ1) is 12.5. The van der Waals surface area contributed by atoms with E-state index in [1.807, 2.05) is 0 Å². The molecule has 4 aliphatic carbocycles. The zero-order valence-electron chi connectivity index (χ0n) is 14.3. The largest absolute Gasteiger partial charge is 0.324 e. The molecule has 2 saturated carbocycles. The molecule has 1 aromatic rings. The molecular formula is C20H19ClN2O3. The predicted octanol–water partition coefficient (Wildman–Crippen LogP) is 2.72. The Labute approximate surface area is 156 Å². The van der Waals surface area contributed by atoms with E-state index in [1.54, 1.807) is 31.2 Å². The van der Waals surface area contributed by atoms with Gasteiger partial charge >= 0.3 is 0 Å². The second-order valence-electron chi connectivity index (χ2n) is 7.87. The van der Waals surface area contributed by atoms with Crippen molar-refractivity contribution in [1.82, 2.24) is 4.90 Å². The monoisotopic (exact) mass is 370 g/mol. The molecule has 3 amide bonds. The van der Waals surface area contributed by atoms with Crippen LogP contribution in [0.2, 0.25) is 5.02 Å². The highest BCUT2D eigenvalue weighted by atomic mass is 35.5. The van der Waals surface area contributed by atoms with Crippen molar-refractivity contribution in [3.63, 3.8) is 0 Å². The van der Waals surface area contributed by atoms with Crippen molar-refractivity contribution >= 4 is 35.0 Å². The van der Waals surface area contributed by atoms with Crippen molar-refractivity contribution < 1.29 is 14.4 Å². The Balaban J connectivity index is 1.37. The van der Waals surface area contributed by atoms with Gasteiger partial charge in [0.25, 0.3) is 0 Å².